The number of nitrogens with zero attached hydrogens (tertiary/aromatic N) is 2. The van der Waals surface area contributed by atoms with Crippen LogP contribution >= 0.6 is 0 Å². The Balaban J connectivity index is 1.61. The average Bonchev–Trinajstić information content (AvgIpc) is 3.30. The smallest absolute Gasteiger partial charge is 0.274 e. The summed E-state index contributed by atoms with van der Waals surface area (Å²) in [6.45, 7) is 0.147. The summed E-state index contributed by atoms with van der Waals surface area (Å²) in [6.07, 6.45) is 5.16. The number of hydrogen-bond acceptors (Lipinski definition) is 4. The minimum atomic E-state index is -3.75. The standard InChI is InChI=1S/C18H15N3O3S/c22-25(23,18-11-14-5-2-4-8-17(14)24-18)20-12-15-6-1-3-7-16(15)21-10-9-19-13-21/h1-11,13,20H,12H2. The van der Waals surface area contributed by atoms with E-state index in [-0.39, 0.29) is 11.6 Å². The maximum Gasteiger partial charge on any atom is 0.274 e. The minimum Gasteiger partial charge on any atom is -0.443 e. The molecule has 4 aromatic rings. The van der Waals surface area contributed by atoms with Gasteiger partial charge in [-0.05, 0) is 17.7 Å². The van der Waals surface area contributed by atoms with Crippen LogP contribution in [0.15, 0.2) is 82.8 Å². The zero-order valence-corrected chi connectivity index (χ0v) is 14.0. The number of para-hydroxylation sites is 2. The van der Waals surface area contributed by atoms with E-state index in [1.165, 1.54) is 6.07 Å². The fourth-order valence-electron chi connectivity index (χ4n) is 2.65. The highest BCUT2D eigenvalue weighted by molar-refractivity contribution is 7.89. The van der Waals surface area contributed by atoms with Crippen LogP contribution in [0.3, 0.4) is 0 Å². The van der Waals surface area contributed by atoms with Crippen LogP contribution in [0.2, 0.25) is 0 Å². The Morgan fingerprint density at radius 2 is 1.88 bits per heavy atom. The predicted molar refractivity (Wildman–Crippen MR) is 93.8 cm³/mol. The van der Waals surface area contributed by atoms with Crippen molar-refractivity contribution in [3.05, 3.63) is 78.9 Å². The molecule has 0 aliphatic carbocycles. The third kappa shape index (κ3) is 3.07. The number of nitrogens with one attached hydrogen (secondary N) is 1. The first-order valence-corrected chi connectivity index (χ1v) is 9.16. The van der Waals surface area contributed by atoms with Crippen molar-refractivity contribution in [1.82, 2.24) is 14.3 Å². The first-order valence-electron chi connectivity index (χ1n) is 7.68. The Bertz CT molecular complexity index is 1080. The normalized spacial score (nSPS) is 11.8. The van der Waals surface area contributed by atoms with Crippen molar-refractivity contribution in [3.63, 3.8) is 0 Å². The Morgan fingerprint density at radius 3 is 2.68 bits per heavy atom. The first-order chi connectivity index (χ1) is 12.1. The number of imidazole rings is 1. The second-order valence-electron chi connectivity index (χ2n) is 5.53. The highest BCUT2D eigenvalue weighted by atomic mass is 32.2. The number of fused-ring (bicyclic) bond motifs is 1. The van der Waals surface area contributed by atoms with Crippen LogP contribution in [0.5, 0.6) is 0 Å². The monoisotopic (exact) mass is 353 g/mol. The van der Waals surface area contributed by atoms with Crippen LogP contribution in [-0.4, -0.2) is 18.0 Å². The van der Waals surface area contributed by atoms with E-state index >= 15 is 0 Å². The summed E-state index contributed by atoms with van der Waals surface area (Å²) < 4.78 is 35.0. The number of benzene rings is 2. The summed E-state index contributed by atoms with van der Waals surface area (Å²) in [5.74, 6) is 0. The number of furan rings is 1. The van der Waals surface area contributed by atoms with E-state index in [2.05, 4.69) is 9.71 Å². The van der Waals surface area contributed by atoms with E-state index in [4.69, 9.17) is 4.42 Å². The maximum absolute atomic E-state index is 12.5. The fourth-order valence-corrected chi connectivity index (χ4v) is 3.62. The van der Waals surface area contributed by atoms with Gasteiger partial charge < -0.3 is 8.98 Å². The number of hydrogen-bond donors (Lipinski definition) is 1. The van der Waals surface area contributed by atoms with Crippen LogP contribution in [0.1, 0.15) is 5.56 Å². The fraction of sp³-hybridized carbons (Fsp3) is 0.0556. The molecule has 0 atom stereocenters. The molecule has 0 spiro atoms. The molecule has 0 unspecified atom stereocenters. The van der Waals surface area contributed by atoms with E-state index in [0.29, 0.717) is 5.58 Å². The molecule has 0 aliphatic heterocycles. The zero-order chi connectivity index (χ0) is 17.3. The highest BCUT2D eigenvalue weighted by Gasteiger charge is 2.19. The molecule has 4 rings (SSSR count). The lowest BCUT2D eigenvalue weighted by Gasteiger charge is -2.10. The molecule has 2 aromatic heterocycles. The predicted octanol–water partition coefficient (Wildman–Crippen LogP) is 3.10. The molecule has 126 valence electrons. The Kier molecular flexibility index (Phi) is 3.87. The molecular weight excluding hydrogens is 338 g/mol. The molecule has 0 radical (unpaired) electrons. The molecule has 2 heterocycles. The van der Waals surface area contributed by atoms with Crippen LogP contribution in [-0.2, 0) is 16.6 Å². The van der Waals surface area contributed by atoms with Gasteiger partial charge in [-0.15, -0.1) is 0 Å². The van der Waals surface area contributed by atoms with Crippen molar-refractivity contribution in [2.24, 2.45) is 0 Å². The average molecular weight is 353 g/mol. The Hall–Kier alpha value is -2.90. The van der Waals surface area contributed by atoms with Gasteiger partial charge in [0.2, 0.25) is 5.09 Å². The molecule has 6 nitrogen and oxygen atoms in total. The van der Waals surface area contributed by atoms with Gasteiger partial charge in [0.25, 0.3) is 10.0 Å². The topological polar surface area (TPSA) is 77.1 Å². The molecule has 1 N–H and O–H groups in total. The third-order valence-corrected chi connectivity index (χ3v) is 5.15. The van der Waals surface area contributed by atoms with Crippen molar-refractivity contribution in [3.8, 4) is 5.69 Å². The lowest BCUT2D eigenvalue weighted by molar-refractivity contribution is 0.475. The van der Waals surface area contributed by atoms with Gasteiger partial charge in [-0.2, -0.15) is 0 Å². The van der Waals surface area contributed by atoms with Gasteiger partial charge in [0, 0.05) is 30.4 Å². The minimum absolute atomic E-state index is 0.0891. The zero-order valence-electron chi connectivity index (χ0n) is 13.2. The van der Waals surface area contributed by atoms with Gasteiger partial charge in [0.15, 0.2) is 0 Å². The molecular formula is C18H15N3O3S. The highest BCUT2D eigenvalue weighted by Crippen LogP contribution is 2.23. The lowest BCUT2D eigenvalue weighted by Crippen LogP contribution is -2.23. The van der Waals surface area contributed by atoms with Crippen LogP contribution in [0.25, 0.3) is 16.7 Å². The molecule has 0 saturated carbocycles. The number of aromatic nitrogens is 2. The van der Waals surface area contributed by atoms with Crippen LogP contribution < -0.4 is 4.72 Å². The van der Waals surface area contributed by atoms with E-state index < -0.39 is 10.0 Å². The quantitative estimate of drug-likeness (QED) is 0.598. The Labute approximate surface area is 144 Å². The van der Waals surface area contributed by atoms with E-state index in [9.17, 15) is 8.42 Å². The third-order valence-electron chi connectivity index (χ3n) is 3.89. The van der Waals surface area contributed by atoms with Crippen LogP contribution in [0.4, 0.5) is 0 Å². The molecule has 25 heavy (non-hydrogen) atoms. The molecule has 7 heteroatoms. The molecule has 0 aliphatic rings. The van der Waals surface area contributed by atoms with Gasteiger partial charge >= 0.3 is 0 Å². The Morgan fingerprint density at radius 1 is 1.08 bits per heavy atom. The molecule has 0 amide bonds. The number of rotatable bonds is 5. The van der Waals surface area contributed by atoms with Crippen molar-refractivity contribution in [1.29, 1.82) is 0 Å². The molecule has 0 saturated heterocycles. The second kappa shape index (κ2) is 6.19. The summed E-state index contributed by atoms with van der Waals surface area (Å²) in [5, 5.41) is 0.663. The SMILES string of the molecule is O=S(=O)(NCc1ccccc1-n1ccnc1)c1cc2ccccc2o1. The van der Waals surface area contributed by atoms with Crippen molar-refractivity contribution in [2.45, 2.75) is 11.6 Å². The van der Waals surface area contributed by atoms with Gasteiger partial charge in [-0.1, -0.05) is 36.4 Å². The summed E-state index contributed by atoms with van der Waals surface area (Å²) in [5.41, 5.74) is 2.24. The molecule has 2 aromatic carbocycles. The van der Waals surface area contributed by atoms with Gasteiger partial charge in [0.05, 0.1) is 12.0 Å². The summed E-state index contributed by atoms with van der Waals surface area (Å²) in [7, 11) is -3.75. The largest absolute Gasteiger partial charge is 0.443 e. The maximum atomic E-state index is 12.5. The van der Waals surface area contributed by atoms with Crippen molar-refractivity contribution in [2.75, 3.05) is 0 Å². The van der Waals surface area contributed by atoms with Crippen molar-refractivity contribution < 1.29 is 12.8 Å². The second-order valence-corrected chi connectivity index (χ2v) is 7.22. The summed E-state index contributed by atoms with van der Waals surface area (Å²) >= 11 is 0. The van der Waals surface area contributed by atoms with Gasteiger partial charge in [-0.3, -0.25) is 0 Å². The number of sulfonamides is 1. The van der Waals surface area contributed by atoms with E-state index in [1.54, 1.807) is 24.7 Å². The van der Waals surface area contributed by atoms with E-state index in [1.807, 2.05) is 47.2 Å². The van der Waals surface area contributed by atoms with Crippen LogP contribution in [0, 0.1) is 0 Å². The van der Waals surface area contributed by atoms with Crippen molar-refractivity contribution >= 4 is 21.0 Å². The van der Waals surface area contributed by atoms with Gasteiger partial charge in [0.1, 0.15) is 5.58 Å². The lowest BCUT2D eigenvalue weighted by atomic mass is 10.2. The first kappa shape index (κ1) is 15.6. The summed E-state index contributed by atoms with van der Waals surface area (Å²) in [6, 6.07) is 16.3. The summed E-state index contributed by atoms with van der Waals surface area (Å²) in [4.78, 5) is 4.03. The van der Waals surface area contributed by atoms with Gasteiger partial charge in [-0.25, -0.2) is 18.1 Å². The molecule has 0 bridgehead atoms. The van der Waals surface area contributed by atoms with E-state index in [0.717, 1.165) is 16.6 Å². The molecule has 0 fully saturated rings.